The van der Waals surface area contributed by atoms with Crippen LogP contribution in [0.1, 0.15) is 17.7 Å². The Labute approximate surface area is 207 Å². The van der Waals surface area contributed by atoms with Crippen molar-refractivity contribution >= 4 is 62.7 Å². The van der Waals surface area contributed by atoms with E-state index in [0.717, 1.165) is 48.2 Å². The summed E-state index contributed by atoms with van der Waals surface area (Å²) in [4.78, 5) is 23.3. The van der Waals surface area contributed by atoms with E-state index in [2.05, 4.69) is 26.3 Å². The molecule has 1 aliphatic heterocycles. The minimum atomic E-state index is -0.153. The SMILES string of the molecule is Cc1c(/C=C/CN2CCC(N)C2)[nH]c(=O)c2c1ccc1nc(Nc3c(Cl)cccc3Cl)n(C)c12. The number of hydrogen-bond donors (Lipinski definition) is 3. The highest BCUT2D eigenvalue weighted by Gasteiger charge is 2.19. The second kappa shape index (κ2) is 9.07. The number of nitrogens with one attached hydrogen (secondary N) is 2. The lowest BCUT2D eigenvalue weighted by Crippen LogP contribution is -2.26. The number of aromatic nitrogens is 3. The third-order valence-corrected chi connectivity index (χ3v) is 7.11. The fourth-order valence-electron chi connectivity index (χ4n) is 4.63. The average molecular weight is 497 g/mol. The minimum Gasteiger partial charge on any atom is -0.326 e. The Morgan fingerprint density at radius 1 is 1.26 bits per heavy atom. The Morgan fingerprint density at radius 3 is 2.74 bits per heavy atom. The van der Waals surface area contributed by atoms with Gasteiger partial charge in [0, 0.05) is 38.4 Å². The highest BCUT2D eigenvalue weighted by Crippen LogP contribution is 2.34. The van der Waals surface area contributed by atoms with Gasteiger partial charge >= 0.3 is 0 Å². The number of H-pyrrole nitrogens is 1. The molecule has 0 aliphatic carbocycles. The van der Waals surface area contributed by atoms with Gasteiger partial charge in [0.25, 0.3) is 5.56 Å². The Balaban J connectivity index is 1.54. The topological polar surface area (TPSA) is 92.0 Å². The van der Waals surface area contributed by atoms with Gasteiger partial charge in [-0.1, -0.05) is 41.4 Å². The smallest absolute Gasteiger partial charge is 0.258 e. The summed E-state index contributed by atoms with van der Waals surface area (Å²) >= 11 is 12.6. The van der Waals surface area contributed by atoms with Gasteiger partial charge in [-0.05, 0) is 48.6 Å². The predicted molar refractivity (Wildman–Crippen MR) is 141 cm³/mol. The summed E-state index contributed by atoms with van der Waals surface area (Å²) in [5.74, 6) is 0.544. The first kappa shape index (κ1) is 22.9. The van der Waals surface area contributed by atoms with Gasteiger partial charge in [0.1, 0.15) is 0 Å². The highest BCUT2D eigenvalue weighted by molar-refractivity contribution is 6.39. The van der Waals surface area contributed by atoms with Crippen molar-refractivity contribution in [3.63, 3.8) is 0 Å². The van der Waals surface area contributed by atoms with E-state index in [-0.39, 0.29) is 11.6 Å². The lowest BCUT2D eigenvalue weighted by Gasteiger charge is -2.12. The standard InChI is InChI=1S/C25H26Cl2N6O/c1-14-16-8-9-20-23(32(2)25(30-20)31-22-17(26)5-3-6-18(22)27)21(16)24(34)29-19(14)7-4-11-33-12-10-15(28)13-33/h3-9,15H,10-13,28H2,1-2H3,(H,29,34)(H,30,31)/b7-4+. The molecule has 0 bridgehead atoms. The van der Waals surface area contributed by atoms with E-state index in [4.69, 9.17) is 28.9 Å². The molecule has 2 aromatic carbocycles. The quantitative estimate of drug-likeness (QED) is 0.368. The number of nitrogens with zero attached hydrogens (tertiary/aromatic N) is 3. The van der Waals surface area contributed by atoms with Crippen molar-refractivity contribution in [2.45, 2.75) is 19.4 Å². The maximum Gasteiger partial charge on any atom is 0.258 e. The number of benzene rings is 2. The Kier molecular flexibility index (Phi) is 6.12. The molecule has 9 heteroatoms. The molecule has 3 heterocycles. The molecule has 1 fully saturated rings. The zero-order valence-corrected chi connectivity index (χ0v) is 20.5. The molecule has 4 aromatic rings. The van der Waals surface area contributed by atoms with Crippen LogP contribution in [0.25, 0.3) is 27.9 Å². The third-order valence-electron chi connectivity index (χ3n) is 6.48. The molecular weight excluding hydrogens is 471 g/mol. The molecule has 1 unspecified atom stereocenters. The average Bonchev–Trinajstić information content (AvgIpc) is 3.36. The number of aromatic amines is 1. The summed E-state index contributed by atoms with van der Waals surface area (Å²) in [7, 11) is 1.87. The monoisotopic (exact) mass is 496 g/mol. The largest absolute Gasteiger partial charge is 0.326 e. The number of rotatable bonds is 5. The van der Waals surface area contributed by atoms with E-state index < -0.39 is 0 Å². The number of pyridine rings is 1. The van der Waals surface area contributed by atoms with Crippen LogP contribution in [0.15, 0.2) is 41.2 Å². The second-order valence-corrected chi connectivity index (χ2v) is 9.59. The van der Waals surface area contributed by atoms with Crippen LogP contribution in [-0.4, -0.2) is 45.1 Å². The fraction of sp³-hybridized carbons (Fsp3) is 0.280. The van der Waals surface area contributed by atoms with E-state index in [9.17, 15) is 4.79 Å². The van der Waals surface area contributed by atoms with Crippen LogP contribution >= 0.6 is 23.2 Å². The van der Waals surface area contributed by atoms with Crippen molar-refractivity contribution in [3.8, 4) is 0 Å². The zero-order chi connectivity index (χ0) is 24.0. The minimum absolute atomic E-state index is 0.153. The molecule has 2 aromatic heterocycles. The zero-order valence-electron chi connectivity index (χ0n) is 19.0. The molecule has 1 aliphatic rings. The van der Waals surface area contributed by atoms with E-state index in [1.165, 1.54) is 0 Å². The molecule has 0 spiro atoms. The second-order valence-electron chi connectivity index (χ2n) is 8.78. The molecule has 4 N–H and O–H groups in total. The van der Waals surface area contributed by atoms with Gasteiger partial charge in [0.15, 0.2) is 0 Å². The van der Waals surface area contributed by atoms with E-state index in [1.54, 1.807) is 18.2 Å². The number of halogens is 2. The van der Waals surface area contributed by atoms with Gasteiger partial charge in [-0.2, -0.15) is 0 Å². The van der Waals surface area contributed by atoms with Crippen LogP contribution in [0.3, 0.4) is 0 Å². The molecule has 176 valence electrons. The van der Waals surface area contributed by atoms with Crippen molar-refractivity contribution in [1.82, 2.24) is 19.4 Å². The lowest BCUT2D eigenvalue weighted by atomic mass is 10.0. The number of para-hydroxylation sites is 1. The highest BCUT2D eigenvalue weighted by atomic mass is 35.5. The van der Waals surface area contributed by atoms with E-state index >= 15 is 0 Å². The molecule has 0 radical (unpaired) electrons. The van der Waals surface area contributed by atoms with Gasteiger partial charge in [0.05, 0.1) is 32.2 Å². The summed E-state index contributed by atoms with van der Waals surface area (Å²) < 4.78 is 1.86. The first-order valence-electron chi connectivity index (χ1n) is 11.2. The maximum absolute atomic E-state index is 13.2. The first-order valence-corrected chi connectivity index (χ1v) is 12.0. The van der Waals surface area contributed by atoms with Gasteiger partial charge in [-0.25, -0.2) is 4.98 Å². The molecule has 0 saturated carbocycles. The van der Waals surface area contributed by atoms with Crippen molar-refractivity contribution in [2.75, 3.05) is 25.0 Å². The number of aryl methyl sites for hydroxylation is 2. The lowest BCUT2D eigenvalue weighted by molar-refractivity contribution is 0.372. The fourth-order valence-corrected chi connectivity index (χ4v) is 5.12. The normalized spacial score (nSPS) is 16.9. The summed E-state index contributed by atoms with van der Waals surface area (Å²) in [6, 6.07) is 9.45. The first-order chi connectivity index (χ1) is 16.3. The molecule has 34 heavy (non-hydrogen) atoms. The van der Waals surface area contributed by atoms with Crippen LogP contribution in [0.4, 0.5) is 11.6 Å². The summed E-state index contributed by atoms with van der Waals surface area (Å²) in [5, 5.41) is 5.70. The summed E-state index contributed by atoms with van der Waals surface area (Å²) in [5.41, 5.74) is 9.69. The Bertz CT molecular complexity index is 1470. The number of imidazole rings is 1. The summed E-state index contributed by atoms with van der Waals surface area (Å²) in [6.45, 7) is 4.75. The molecule has 0 amide bonds. The van der Waals surface area contributed by atoms with Crippen molar-refractivity contribution < 1.29 is 0 Å². The van der Waals surface area contributed by atoms with Crippen LogP contribution in [0.5, 0.6) is 0 Å². The van der Waals surface area contributed by atoms with E-state index in [1.807, 2.05) is 36.7 Å². The number of nitrogens with two attached hydrogens (primary N) is 1. The summed E-state index contributed by atoms with van der Waals surface area (Å²) in [6.07, 6.45) is 5.10. The van der Waals surface area contributed by atoms with Crippen molar-refractivity contribution in [2.24, 2.45) is 12.8 Å². The Hall–Kier alpha value is -2.84. The molecule has 7 nitrogen and oxygen atoms in total. The van der Waals surface area contributed by atoms with Crippen LogP contribution < -0.4 is 16.6 Å². The number of fused-ring (bicyclic) bond motifs is 3. The van der Waals surface area contributed by atoms with Crippen molar-refractivity contribution in [3.05, 3.63) is 68.1 Å². The number of hydrogen-bond acceptors (Lipinski definition) is 5. The molecule has 5 rings (SSSR count). The van der Waals surface area contributed by atoms with Crippen LogP contribution in [0, 0.1) is 6.92 Å². The molecule has 1 atom stereocenters. The van der Waals surface area contributed by atoms with E-state index in [0.29, 0.717) is 32.6 Å². The number of likely N-dealkylation sites (tertiary alicyclic amines) is 1. The Morgan fingerprint density at radius 2 is 2.03 bits per heavy atom. The van der Waals surface area contributed by atoms with Gasteiger partial charge in [0.2, 0.25) is 5.95 Å². The molecule has 1 saturated heterocycles. The van der Waals surface area contributed by atoms with Gasteiger partial charge in [-0.3, -0.25) is 9.69 Å². The van der Waals surface area contributed by atoms with Crippen molar-refractivity contribution in [1.29, 1.82) is 0 Å². The van der Waals surface area contributed by atoms with Crippen LogP contribution in [-0.2, 0) is 7.05 Å². The maximum atomic E-state index is 13.2. The van der Waals surface area contributed by atoms with Gasteiger partial charge in [-0.15, -0.1) is 0 Å². The van der Waals surface area contributed by atoms with Gasteiger partial charge < -0.3 is 20.6 Å². The predicted octanol–water partition coefficient (Wildman–Crippen LogP) is 4.82. The molecular formula is C25H26Cl2N6O. The number of anilines is 2. The third kappa shape index (κ3) is 4.09. The van der Waals surface area contributed by atoms with Crippen LogP contribution in [0.2, 0.25) is 10.0 Å².